The van der Waals surface area contributed by atoms with Crippen LogP contribution in [0.4, 0.5) is 28.4 Å². The molecule has 0 aromatic heterocycles. The van der Waals surface area contributed by atoms with E-state index < -0.39 is 8.07 Å². The average Bonchev–Trinajstić information content (AvgIpc) is 3.31. The summed E-state index contributed by atoms with van der Waals surface area (Å²) in [5.74, 6) is 0.586. The molecule has 1 saturated carbocycles. The highest BCUT2D eigenvalue weighted by Gasteiger charge is 2.51. The molecule has 5 heteroatoms. The first-order valence-corrected chi connectivity index (χ1v) is 22.8. The van der Waals surface area contributed by atoms with Gasteiger partial charge >= 0.3 is 0 Å². The van der Waals surface area contributed by atoms with Gasteiger partial charge in [0, 0.05) is 50.2 Å². The first-order chi connectivity index (χ1) is 25.7. The van der Waals surface area contributed by atoms with Crippen molar-refractivity contribution in [3.05, 3.63) is 145 Å². The van der Waals surface area contributed by atoms with E-state index in [1.54, 1.807) is 26.9 Å². The van der Waals surface area contributed by atoms with E-state index in [4.69, 9.17) is 0 Å². The number of anilines is 5. The number of rotatable bonds is 6. The first-order valence-electron chi connectivity index (χ1n) is 19.6. The standard InChI is InChI=1S/C47H45BN2SSi/c1-3-52(4-2)44-29-17-28-43-47(44)48(38-31-30-35(32-45(38)52)51-34-20-10-6-11-21-34)46-41(49(43)33-18-8-5-9-19-33)26-16-27-42(46)50-39-24-13-7-12-22-36(39)37-23-14-15-25-40(37)50/h5-6,8-11,14-21,23,25-32,36,39H,3-4,7,12-13,22,24H2,1-2H3. The Labute approximate surface area is 315 Å². The Balaban J connectivity index is 1.26. The van der Waals surface area contributed by atoms with Gasteiger partial charge in [-0.05, 0) is 90.0 Å². The smallest absolute Gasteiger partial charge is 0.249 e. The molecule has 10 rings (SSSR count). The molecule has 4 aliphatic rings. The fourth-order valence-electron chi connectivity index (χ4n) is 10.7. The average molecular weight is 709 g/mol. The van der Waals surface area contributed by atoms with Crippen LogP contribution in [0, 0.1) is 0 Å². The third kappa shape index (κ3) is 4.78. The van der Waals surface area contributed by atoms with Gasteiger partial charge < -0.3 is 9.80 Å². The van der Waals surface area contributed by atoms with Crippen molar-refractivity contribution in [3.63, 3.8) is 0 Å². The summed E-state index contributed by atoms with van der Waals surface area (Å²) in [6, 6.07) is 56.4. The normalized spacial score (nSPS) is 19.2. The third-order valence-electron chi connectivity index (χ3n) is 12.9. The molecule has 0 bridgehead atoms. The molecular formula is C47H45BN2SSi. The molecule has 0 N–H and O–H groups in total. The highest BCUT2D eigenvalue weighted by molar-refractivity contribution is 7.99. The van der Waals surface area contributed by atoms with Gasteiger partial charge in [-0.3, -0.25) is 0 Å². The minimum Gasteiger partial charge on any atom is -0.338 e. The van der Waals surface area contributed by atoms with E-state index in [0.717, 1.165) is 0 Å². The fourth-order valence-corrected chi connectivity index (χ4v) is 16.4. The van der Waals surface area contributed by atoms with Gasteiger partial charge in [-0.2, -0.15) is 0 Å². The van der Waals surface area contributed by atoms with Crippen molar-refractivity contribution < 1.29 is 0 Å². The van der Waals surface area contributed by atoms with Gasteiger partial charge in [-0.1, -0.05) is 152 Å². The van der Waals surface area contributed by atoms with Crippen LogP contribution in [0.5, 0.6) is 0 Å². The van der Waals surface area contributed by atoms with E-state index in [2.05, 4.69) is 163 Å². The second kappa shape index (κ2) is 12.9. The molecule has 0 spiro atoms. The summed E-state index contributed by atoms with van der Waals surface area (Å²) in [5.41, 5.74) is 12.9. The Kier molecular flexibility index (Phi) is 7.99. The molecule has 256 valence electrons. The van der Waals surface area contributed by atoms with Crippen molar-refractivity contribution in [2.75, 3.05) is 9.80 Å². The Morgan fingerprint density at radius 2 is 1.27 bits per heavy atom. The summed E-state index contributed by atoms with van der Waals surface area (Å²) in [5, 5.41) is 3.29. The van der Waals surface area contributed by atoms with Crippen LogP contribution < -0.4 is 36.6 Å². The largest absolute Gasteiger partial charge is 0.338 e. The van der Waals surface area contributed by atoms with E-state index in [0.29, 0.717) is 12.0 Å². The maximum Gasteiger partial charge on any atom is 0.249 e. The Morgan fingerprint density at radius 3 is 2.08 bits per heavy atom. The topological polar surface area (TPSA) is 6.48 Å². The van der Waals surface area contributed by atoms with Gasteiger partial charge in [0.05, 0.1) is 0 Å². The molecule has 2 atom stereocenters. The lowest BCUT2D eigenvalue weighted by Gasteiger charge is -2.48. The molecule has 2 nitrogen and oxygen atoms in total. The van der Waals surface area contributed by atoms with Crippen LogP contribution in [0.1, 0.15) is 57.4 Å². The van der Waals surface area contributed by atoms with Gasteiger partial charge in [0.25, 0.3) is 0 Å². The Hall–Kier alpha value is -4.45. The Morgan fingerprint density at radius 1 is 0.596 bits per heavy atom. The molecule has 2 unspecified atom stereocenters. The number of benzene rings is 6. The summed E-state index contributed by atoms with van der Waals surface area (Å²) in [7, 11) is -2.12. The van der Waals surface area contributed by atoms with Crippen LogP contribution in [0.3, 0.4) is 0 Å². The van der Waals surface area contributed by atoms with Crippen LogP contribution in [-0.4, -0.2) is 20.8 Å². The maximum atomic E-state index is 2.82. The number of nitrogens with zero attached hydrogens (tertiary/aromatic N) is 2. The molecule has 0 saturated heterocycles. The van der Waals surface area contributed by atoms with Gasteiger partial charge in [-0.15, -0.1) is 0 Å². The van der Waals surface area contributed by atoms with Crippen molar-refractivity contribution in [3.8, 4) is 0 Å². The summed E-state index contributed by atoms with van der Waals surface area (Å²) < 4.78 is 0. The number of fused-ring (bicyclic) bond motifs is 7. The van der Waals surface area contributed by atoms with Crippen molar-refractivity contribution in [2.24, 2.45) is 0 Å². The number of hydrogen-bond donors (Lipinski definition) is 0. The van der Waals surface area contributed by atoms with Gasteiger partial charge in [0.2, 0.25) is 6.71 Å². The molecule has 0 amide bonds. The summed E-state index contributed by atoms with van der Waals surface area (Å²) in [6.07, 6.45) is 6.50. The van der Waals surface area contributed by atoms with Crippen molar-refractivity contribution in [1.82, 2.24) is 0 Å². The van der Waals surface area contributed by atoms with E-state index in [1.807, 2.05) is 11.8 Å². The molecular weight excluding hydrogens is 663 g/mol. The summed E-state index contributed by atoms with van der Waals surface area (Å²) in [6.45, 7) is 5.11. The third-order valence-corrected chi connectivity index (χ3v) is 19.3. The van der Waals surface area contributed by atoms with Crippen LogP contribution in [-0.2, 0) is 0 Å². The molecule has 0 radical (unpaired) electrons. The SMILES string of the molecule is CC[Si]1(CC)c2cc(Sc3ccccc3)ccc2B2c3c(cccc3N3c4ccccc4C4CCCCCC43)N(c3ccccc3)c3cccc1c32. The van der Waals surface area contributed by atoms with E-state index in [1.165, 1.54) is 87.9 Å². The Bertz CT molecular complexity index is 2280. The quantitative estimate of drug-likeness (QED) is 0.159. The number of hydrogen-bond acceptors (Lipinski definition) is 3. The maximum absolute atomic E-state index is 2.82. The molecule has 1 fully saturated rings. The molecule has 6 aromatic carbocycles. The van der Waals surface area contributed by atoms with Crippen molar-refractivity contribution in [2.45, 2.75) is 79.8 Å². The first kappa shape index (κ1) is 32.2. The minimum absolute atomic E-state index is 0.166. The summed E-state index contributed by atoms with van der Waals surface area (Å²) >= 11 is 1.91. The lowest BCUT2D eigenvalue weighted by molar-refractivity contribution is 0.529. The monoisotopic (exact) mass is 708 g/mol. The molecule has 6 aromatic rings. The molecule has 52 heavy (non-hydrogen) atoms. The molecule has 3 aliphatic heterocycles. The van der Waals surface area contributed by atoms with Crippen LogP contribution in [0.2, 0.25) is 12.1 Å². The van der Waals surface area contributed by atoms with E-state index in [9.17, 15) is 0 Å². The van der Waals surface area contributed by atoms with Gasteiger partial charge in [0.15, 0.2) is 0 Å². The summed E-state index contributed by atoms with van der Waals surface area (Å²) in [4.78, 5) is 8.08. The zero-order chi connectivity index (χ0) is 34.8. The second-order valence-corrected chi connectivity index (χ2v) is 21.0. The highest BCUT2D eigenvalue weighted by Crippen LogP contribution is 2.51. The second-order valence-electron chi connectivity index (χ2n) is 15.2. The zero-order valence-corrected chi connectivity index (χ0v) is 32.1. The zero-order valence-electron chi connectivity index (χ0n) is 30.3. The molecule has 3 heterocycles. The van der Waals surface area contributed by atoms with E-state index >= 15 is 0 Å². The van der Waals surface area contributed by atoms with Crippen LogP contribution in [0.25, 0.3) is 0 Å². The lowest BCUT2D eigenvalue weighted by atomic mass is 9.34. The van der Waals surface area contributed by atoms with Crippen LogP contribution >= 0.6 is 11.8 Å². The predicted octanol–water partition coefficient (Wildman–Crippen LogP) is 9.62. The minimum atomic E-state index is -2.12. The van der Waals surface area contributed by atoms with Gasteiger partial charge in [-0.25, -0.2) is 0 Å². The van der Waals surface area contributed by atoms with Crippen LogP contribution in [0.15, 0.2) is 149 Å². The van der Waals surface area contributed by atoms with Crippen molar-refractivity contribution >= 4 is 81.7 Å². The number of para-hydroxylation sites is 2. The molecule has 1 aliphatic carbocycles. The predicted molar refractivity (Wildman–Crippen MR) is 227 cm³/mol. The van der Waals surface area contributed by atoms with Gasteiger partial charge in [0.1, 0.15) is 8.07 Å². The highest BCUT2D eigenvalue weighted by atomic mass is 32.2. The fraction of sp³-hybridized carbons (Fsp3) is 0.234. The lowest BCUT2D eigenvalue weighted by Crippen LogP contribution is -2.79. The van der Waals surface area contributed by atoms with Crippen molar-refractivity contribution in [1.29, 1.82) is 0 Å². The van der Waals surface area contributed by atoms with E-state index in [-0.39, 0.29) is 6.71 Å².